The molecule has 0 aromatic rings. The second-order valence-corrected chi connectivity index (χ2v) is 3.66. The second-order valence-electron chi connectivity index (χ2n) is 1.60. The molecule has 0 aromatic carbocycles. The molecule has 0 rings (SSSR count). The number of hydrogen-bond donors (Lipinski definition) is 8. The minimum atomic E-state index is -4.64. The minimum absolute atomic E-state index is 0. The van der Waals surface area contributed by atoms with Gasteiger partial charge in [0.05, 0.1) is 0 Å². The van der Waals surface area contributed by atoms with Gasteiger partial charge in [0.25, 0.3) is 0 Å². The van der Waals surface area contributed by atoms with E-state index in [1.54, 1.807) is 0 Å². The maximum atomic E-state index is 8.88. The van der Waals surface area contributed by atoms with Crippen LogP contribution in [0.5, 0.6) is 0 Å². The molecule has 0 heterocycles. The quantitative estimate of drug-likeness (QED) is 0.171. The van der Waals surface area contributed by atoms with Crippen LogP contribution in [0.2, 0.25) is 0 Å². The summed E-state index contributed by atoms with van der Waals surface area (Å²) < 4.78 is 17.8. The van der Waals surface area contributed by atoms with Crippen molar-refractivity contribution in [3.8, 4) is 0 Å². The second kappa shape index (κ2) is 12.4. The van der Waals surface area contributed by atoms with Crippen LogP contribution >= 0.6 is 15.6 Å². The van der Waals surface area contributed by atoms with Crippen LogP contribution < -0.4 is 11.5 Å². The summed E-state index contributed by atoms with van der Waals surface area (Å²) >= 11 is 0. The van der Waals surface area contributed by atoms with E-state index in [1.165, 1.54) is 0 Å². The van der Waals surface area contributed by atoms with Gasteiger partial charge in [-0.15, -0.1) is 0 Å². The zero-order valence-electron chi connectivity index (χ0n) is 6.96. The molecular formula is C2H18N2O8P2Si. The van der Waals surface area contributed by atoms with Gasteiger partial charge in [0.1, 0.15) is 0 Å². The third kappa shape index (κ3) is 1190. The summed E-state index contributed by atoms with van der Waals surface area (Å²) in [6.45, 7) is 1.19. The molecule has 0 saturated carbocycles. The highest BCUT2D eigenvalue weighted by atomic mass is 31.2. The lowest BCUT2D eigenvalue weighted by Gasteiger charge is -1.82. The third-order valence-corrected chi connectivity index (χ3v) is 0.167. The van der Waals surface area contributed by atoms with Crippen molar-refractivity contribution in [2.24, 2.45) is 11.5 Å². The SMILES string of the molecule is NCCN.O=P(O)(O)O.O=P(O)(O)O.[SiH4]. The molecule has 0 aliphatic carbocycles. The van der Waals surface area contributed by atoms with Crippen molar-refractivity contribution in [3.05, 3.63) is 0 Å². The van der Waals surface area contributed by atoms with Crippen LogP contribution in [0.15, 0.2) is 0 Å². The summed E-state index contributed by atoms with van der Waals surface area (Å²) in [6.07, 6.45) is 0. The van der Waals surface area contributed by atoms with Crippen molar-refractivity contribution in [3.63, 3.8) is 0 Å². The van der Waals surface area contributed by atoms with Crippen LogP contribution in [-0.2, 0) is 9.13 Å². The molecule has 0 bridgehead atoms. The van der Waals surface area contributed by atoms with E-state index in [1.807, 2.05) is 0 Å². The Bertz CT molecular complexity index is 162. The molecule has 0 atom stereocenters. The van der Waals surface area contributed by atoms with Gasteiger partial charge >= 0.3 is 15.6 Å². The van der Waals surface area contributed by atoms with Gasteiger partial charge in [-0.05, 0) is 11.0 Å². The van der Waals surface area contributed by atoms with Gasteiger partial charge in [-0.1, -0.05) is 0 Å². The zero-order valence-corrected chi connectivity index (χ0v) is 8.75. The molecule has 10 N–H and O–H groups in total. The summed E-state index contributed by atoms with van der Waals surface area (Å²) in [4.78, 5) is 43.1. The molecule has 0 amide bonds. The monoisotopic (exact) mass is 288 g/mol. The molecule has 0 aliphatic rings. The average molecular weight is 288 g/mol. The van der Waals surface area contributed by atoms with Crippen LogP contribution in [0.4, 0.5) is 0 Å². The van der Waals surface area contributed by atoms with E-state index >= 15 is 0 Å². The first-order valence-electron chi connectivity index (χ1n) is 2.88. The fourth-order valence-electron chi connectivity index (χ4n) is 0. The molecule has 0 aromatic heterocycles. The lowest BCUT2D eigenvalue weighted by Crippen LogP contribution is -2.11. The molecule has 0 fully saturated rings. The number of rotatable bonds is 1. The summed E-state index contributed by atoms with van der Waals surface area (Å²) in [5.74, 6) is 0. The van der Waals surface area contributed by atoms with Crippen molar-refractivity contribution in [1.29, 1.82) is 0 Å². The van der Waals surface area contributed by atoms with Crippen molar-refractivity contribution in [2.75, 3.05) is 13.1 Å². The average Bonchev–Trinajstić information content (AvgIpc) is 1.79. The van der Waals surface area contributed by atoms with E-state index in [9.17, 15) is 0 Å². The number of hydrogen-bond acceptors (Lipinski definition) is 4. The Hall–Kier alpha value is 0.357. The molecule has 15 heavy (non-hydrogen) atoms. The highest BCUT2D eigenvalue weighted by molar-refractivity contribution is 7.45. The highest BCUT2D eigenvalue weighted by Crippen LogP contribution is 2.26. The normalized spacial score (nSPS) is 9.87. The number of phosphoric acid groups is 2. The van der Waals surface area contributed by atoms with Crippen LogP contribution in [-0.4, -0.2) is 53.4 Å². The Morgan fingerprint density at radius 3 is 0.800 bits per heavy atom. The molecule has 0 spiro atoms. The first-order chi connectivity index (χ1) is 5.91. The Morgan fingerprint density at radius 1 is 0.733 bits per heavy atom. The molecular weight excluding hydrogens is 270 g/mol. The molecule has 13 heteroatoms. The number of nitrogens with two attached hydrogens (primary N) is 2. The summed E-state index contributed by atoms with van der Waals surface area (Å²) in [7, 11) is -9.28. The first-order valence-corrected chi connectivity index (χ1v) is 6.01. The van der Waals surface area contributed by atoms with Crippen molar-refractivity contribution in [2.45, 2.75) is 0 Å². The Morgan fingerprint density at radius 2 is 0.800 bits per heavy atom. The highest BCUT2D eigenvalue weighted by Gasteiger charge is 2.00. The first kappa shape index (κ1) is 24.5. The summed E-state index contributed by atoms with van der Waals surface area (Å²) in [5.41, 5.74) is 9.81. The van der Waals surface area contributed by atoms with Gasteiger partial charge in [0.15, 0.2) is 0 Å². The predicted octanol–water partition coefficient (Wildman–Crippen LogP) is -4.40. The van der Waals surface area contributed by atoms with Gasteiger partial charge < -0.3 is 40.8 Å². The van der Waals surface area contributed by atoms with E-state index in [4.69, 9.17) is 50.0 Å². The maximum absolute atomic E-state index is 8.88. The zero-order chi connectivity index (χ0) is 12.4. The van der Waals surface area contributed by atoms with Crippen molar-refractivity contribution in [1.82, 2.24) is 0 Å². The Labute approximate surface area is 90.4 Å². The van der Waals surface area contributed by atoms with E-state index in [0.29, 0.717) is 13.1 Å². The van der Waals surface area contributed by atoms with E-state index in [0.717, 1.165) is 0 Å². The summed E-state index contributed by atoms with van der Waals surface area (Å²) in [5, 5.41) is 0. The molecule has 0 unspecified atom stereocenters. The van der Waals surface area contributed by atoms with E-state index in [2.05, 4.69) is 0 Å². The van der Waals surface area contributed by atoms with Gasteiger partial charge in [0.2, 0.25) is 0 Å². The fraction of sp³-hybridized carbons (Fsp3) is 1.00. The van der Waals surface area contributed by atoms with Crippen LogP contribution in [0.3, 0.4) is 0 Å². The fourth-order valence-corrected chi connectivity index (χ4v) is 0. The van der Waals surface area contributed by atoms with Crippen molar-refractivity contribution >= 4 is 26.6 Å². The smallest absolute Gasteiger partial charge is 0.329 e. The van der Waals surface area contributed by atoms with Gasteiger partial charge in [-0.25, -0.2) is 9.13 Å². The van der Waals surface area contributed by atoms with Crippen LogP contribution in [0, 0.1) is 0 Å². The van der Waals surface area contributed by atoms with Crippen LogP contribution in [0.1, 0.15) is 0 Å². The van der Waals surface area contributed by atoms with Crippen molar-refractivity contribution < 1.29 is 38.5 Å². The molecule has 98 valence electrons. The Kier molecular flexibility index (Phi) is 20.3. The largest absolute Gasteiger partial charge is 0.466 e. The third-order valence-electron chi connectivity index (χ3n) is 0.167. The topological polar surface area (TPSA) is 208 Å². The molecule has 10 nitrogen and oxygen atoms in total. The molecule has 0 radical (unpaired) electrons. The molecule has 0 aliphatic heterocycles. The predicted molar refractivity (Wildman–Crippen MR) is 58.0 cm³/mol. The standard InChI is InChI=1S/C2H8N2.2H3O4P.H4Si/c3-1-2-4;2*1-5(2,3)4;/h1-4H2;2*(H3,1,2,3,4);1H4. The van der Waals surface area contributed by atoms with Gasteiger partial charge in [0, 0.05) is 13.1 Å². The lowest BCUT2D eigenvalue weighted by atomic mass is 10.7. The van der Waals surface area contributed by atoms with E-state index < -0.39 is 15.6 Å². The summed E-state index contributed by atoms with van der Waals surface area (Å²) in [6, 6.07) is 0. The van der Waals surface area contributed by atoms with Crippen LogP contribution in [0.25, 0.3) is 0 Å². The molecule has 0 saturated heterocycles. The minimum Gasteiger partial charge on any atom is -0.329 e. The van der Waals surface area contributed by atoms with Gasteiger partial charge in [-0.2, -0.15) is 0 Å². The van der Waals surface area contributed by atoms with Gasteiger partial charge in [-0.3, -0.25) is 0 Å². The Balaban J connectivity index is -0.0000000590. The lowest BCUT2D eigenvalue weighted by molar-refractivity contribution is 0.272. The maximum Gasteiger partial charge on any atom is 0.466 e. The van der Waals surface area contributed by atoms with E-state index in [-0.39, 0.29) is 11.0 Å².